The maximum Gasteiger partial charge on any atom is 0.143 e. The Hall–Kier alpha value is -4.26. The van der Waals surface area contributed by atoms with Crippen molar-refractivity contribution >= 4 is 0 Å². The van der Waals surface area contributed by atoms with Crippen molar-refractivity contribution in [3.8, 4) is 28.3 Å². The monoisotopic (exact) mass is 503 g/mol. The van der Waals surface area contributed by atoms with Crippen molar-refractivity contribution in [1.29, 1.82) is 0 Å². The van der Waals surface area contributed by atoms with Gasteiger partial charge in [-0.2, -0.15) is 5.10 Å². The molecule has 2 aromatic carbocycles. The second kappa shape index (κ2) is 8.65. The first-order chi connectivity index (χ1) is 18.6. The van der Waals surface area contributed by atoms with Crippen LogP contribution in [0, 0.1) is 12.8 Å². The molecule has 7 nitrogen and oxygen atoms in total. The van der Waals surface area contributed by atoms with E-state index in [0.717, 1.165) is 64.8 Å². The third-order valence-corrected chi connectivity index (χ3v) is 8.62. The van der Waals surface area contributed by atoms with Gasteiger partial charge in [-0.15, -0.1) is 0 Å². The molecular formula is C31H29N5O2. The average molecular weight is 504 g/mol. The highest BCUT2D eigenvalue weighted by molar-refractivity contribution is 5.70. The molecule has 3 atom stereocenters. The first-order valence-corrected chi connectivity index (χ1v) is 13.1. The smallest absolute Gasteiger partial charge is 0.143 e. The fourth-order valence-electron chi connectivity index (χ4n) is 6.88. The van der Waals surface area contributed by atoms with Crippen LogP contribution in [-0.4, -0.2) is 32.4 Å². The van der Waals surface area contributed by atoms with Crippen LogP contribution in [0.15, 0.2) is 71.5 Å². The normalized spacial score (nSPS) is 21.9. The van der Waals surface area contributed by atoms with Gasteiger partial charge in [-0.3, -0.25) is 5.10 Å². The molecule has 0 unspecified atom stereocenters. The number of aromatic amines is 1. The summed E-state index contributed by atoms with van der Waals surface area (Å²) in [5.41, 5.74) is 8.71. The minimum absolute atomic E-state index is 0.226. The fraction of sp³-hybridized carbons (Fsp3) is 0.290. The van der Waals surface area contributed by atoms with Crippen molar-refractivity contribution in [3.05, 3.63) is 101 Å². The lowest BCUT2D eigenvalue weighted by Gasteiger charge is -2.50. The van der Waals surface area contributed by atoms with E-state index in [1.54, 1.807) is 13.3 Å². The summed E-state index contributed by atoms with van der Waals surface area (Å²) in [6.07, 6.45) is 6.41. The maximum absolute atomic E-state index is 5.77. The molecule has 5 aromatic rings. The maximum atomic E-state index is 5.77. The third-order valence-electron chi connectivity index (χ3n) is 8.62. The van der Waals surface area contributed by atoms with E-state index in [1.165, 1.54) is 16.7 Å². The van der Waals surface area contributed by atoms with Gasteiger partial charge in [0.25, 0.3) is 0 Å². The number of aromatic nitrogens is 5. The van der Waals surface area contributed by atoms with Crippen LogP contribution in [-0.2, 0) is 18.3 Å². The van der Waals surface area contributed by atoms with E-state index in [9.17, 15) is 0 Å². The number of H-pyrrole nitrogens is 1. The minimum atomic E-state index is -0.309. The van der Waals surface area contributed by atoms with Gasteiger partial charge >= 0.3 is 0 Å². The molecule has 0 saturated heterocycles. The quantitative estimate of drug-likeness (QED) is 0.321. The number of nitrogens with zero attached hydrogens (tertiary/aromatic N) is 4. The van der Waals surface area contributed by atoms with Crippen LogP contribution in [0.2, 0.25) is 0 Å². The van der Waals surface area contributed by atoms with Crippen molar-refractivity contribution in [3.63, 3.8) is 0 Å². The lowest BCUT2D eigenvalue weighted by atomic mass is 9.53. The molecule has 0 radical (unpaired) electrons. The van der Waals surface area contributed by atoms with E-state index in [4.69, 9.17) is 19.2 Å². The Balaban J connectivity index is 1.43. The second-order valence-corrected chi connectivity index (χ2v) is 10.5. The van der Waals surface area contributed by atoms with Crippen molar-refractivity contribution in [2.24, 2.45) is 5.92 Å². The van der Waals surface area contributed by atoms with Crippen molar-refractivity contribution in [2.45, 2.75) is 44.4 Å². The number of aryl methyl sites for hydroxylation is 1. The van der Waals surface area contributed by atoms with Gasteiger partial charge in [-0.25, -0.2) is 9.97 Å². The van der Waals surface area contributed by atoms with Gasteiger partial charge in [0.05, 0.1) is 30.4 Å². The van der Waals surface area contributed by atoms with Crippen LogP contribution >= 0.6 is 0 Å². The molecule has 1 N–H and O–H groups in total. The fourth-order valence-corrected chi connectivity index (χ4v) is 6.88. The van der Waals surface area contributed by atoms with Crippen molar-refractivity contribution in [1.82, 2.24) is 25.3 Å². The number of rotatable bonds is 4. The van der Waals surface area contributed by atoms with Gasteiger partial charge in [-0.1, -0.05) is 48.5 Å². The predicted molar refractivity (Wildman–Crippen MR) is 144 cm³/mol. The molecule has 190 valence electrons. The highest BCUT2D eigenvalue weighted by atomic mass is 16.5. The second-order valence-electron chi connectivity index (χ2n) is 10.5. The Bertz CT molecular complexity index is 1610. The van der Waals surface area contributed by atoms with Gasteiger partial charge in [0.2, 0.25) is 0 Å². The molecular weight excluding hydrogens is 474 g/mol. The van der Waals surface area contributed by atoms with E-state index in [1.807, 2.05) is 19.2 Å². The van der Waals surface area contributed by atoms with Crippen molar-refractivity contribution in [2.75, 3.05) is 7.11 Å². The van der Waals surface area contributed by atoms with E-state index < -0.39 is 0 Å². The van der Waals surface area contributed by atoms with Gasteiger partial charge < -0.3 is 9.26 Å². The summed E-state index contributed by atoms with van der Waals surface area (Å²) >= 11 is 0. The molecule has 38 heavy (non-hydrogen) atoms. The first kappa shape index (κ1) is 22.9. The summed E-state index contributed by atoms with van der Waals surface area (Å²) in [6.45, 7) is 4.28. The van der Waals surface area contributed by atoms with Gasteiger partial charge in [0.1, 0.15) is 17.3 Å². The summed E-state index contributed by atoms with van der Waals surface area (Å²) in [4.78, 5) is 10.2. The van der Waals surface area contributed by atoms with E-state index >= 15 is 0 Å². The molecule has 2 aliphatic rings. The molecule has 0 amide bonds. The Morgan fingerprint density at radius 3 is 2.53 bits per heavy atom. The van der Waals surface area contributed by atoms with E-state index in [2.05, 4.69) is 70.8 Å². The third kappa shape index (κ3) is 3.34. The summed E-state index contributed by atoms with van der Waals surface area (Å²) in [6, 6.07) is 19.1. The molecule has 3 aromatic heterocycles. The average Bonchev–Trinajstić information content (AvgIpc) is 3.66. The molecule has 0 fully saturated rings. The molecule has 7 heteroatoms. The van der Waals surface area contributed by atoms with Crippen molar-refractivity contribution < 1.29 is 9.26 Å². The molecule has 0 saturated carbocycles. The number of hydrogen-bond donors (Lipinski definition) is 1. The van der Waals surface area contributed by atoms with Crippen LogP contribution in [0.3, 0.4) is 0 Å². The van der Waals surface area contributed by atoms with E-state index in [0.29, 0.717) is 5.92 Å². The number of nitrogens with one attached hydrogen (secondary N) is 1. The van der Waals surface area contributed by atoms with E-state index in [-0.39, 0.29) is 11.3 Å². The zero-order valence-corrected chi connectivity index (χ0v) is 21.7. The molecule has 0 spiro atoms. The Labute approximate surface area is 221 Å². The van der Waals surface area contributed by atoms with Crippen LogP contribution in [0.4, 0.5) is 0 Å². The number of methoxy groups -OCH3 is 1. The standard InChI is InChI=1S/C31H29N5O2/c1-18-26-13-12-25-28(21-6-4-20(5-7-21)27-14-15-32-36-27)34-19(2)35-30(25)31(26,16-22-17-33-38-29(18)22)23-8-10-24(37-3)11-9-23/h4-11,14-15,17-18,26H,12-13,16H2,1-3H3,(H,32,36)/t18-,26-,31+/m0/s1. The van der Waals surface area contributed by atoms with Gasteiger partial charge in [0, 0.05) is 34.2 Å². The molecule has 2 aliphatic carbocycles. The molecule has 0 aliphatic heterocycles. The zero-order valence-electron chi connectivity index (χ0n) is 21.7. The number of hydrogen-bond acceptors (Lipinski definition) is 6. The predicted octanol–water partition coefficient (Wildman–Crippen LogP) is 6.05. The largest absolute Gasteiger partial charge is 0.497 e. The lowest BCUT2D eigenvalue weighted by molar-refractivity contribution is 0.188. The zero-order chi connectivity index (χ0) is 25.9. The SMILES string of the molecule is COc1ccc([C@]23Cc4cnoc4[C@@H](C)[C@@H]2CCc2c(-c4ccc(-c5ccn[nH]5)cc4)nc(C)nc23)cc1. The molecule has 3 heterocycles. The molecule has 7 rings (SSSR count). The summed E-state index contributed by atoms with van der Waals surface area (Å²) in [5, 5.41) is 11.3. The minimum Gasteiger partial charge on any atom is -0.497 e. The molecule has 0 bridgehead atoms. The first-order valence-electron chi connectivity index (χ1n) is 13.1. The summed E-state index contributed by atoms with van der Waals surface area (Å²) in [5.74, 6) is 3.21. The highest BCUT2D eigenvalue weighted by Gasteiger charge is 2.54. The Morgan fingerprint density at radius 2 is 1.79 bits per heavy atom. The number of benzene rings is 2. The van der Waals surface area contributed by atoms with Crippen LogP contribution in [0.25, 0.3) is 22.5 Å². The summed E-state index contributed by atoms with van der Waals surface area (Å²) < 4.78 is 11.3. The van der Waals surface area contributed by atoms with Crippen LogP contribution < -0.4 is 4.74 Å². The van der Waals surface area contributed by atoms with Crippen LogP contribution in [0.1, 0.15) is 53.2 Å². The lowest BCUT2D eigenvalue weighted by Crippen LogP contribution is -2.48. The van der Waals surface area contributed by atoms with Gasteiger partial charge in [0.15, 0.2) is 0 Å². The Morgan fingerprint density at radius 1 is 1.00 bits per heavy atom. The highest BCUT2D eigenvalue weighted by Crippen LogP contribution is 2.57. The number of ether oxygens (including phenoxy) is 1. The number of fused-ring (bicyclic) bond motifs is 4. The topological polar surface area (TPSA) is 89.7 Å². The van der Waals surface area contributed by atoms with Crippen LogP contribution in [0.5, 0.6) is 5.75 Å². The summed E-state index contributed by atoms with van der Waals surface area (Å²) in [7, 11) is 1.71. The van der Waals surface area contributed by atoms with Gasteiger partial charge in [-0.05, 0) is 61.4 Å². The Kier molecular flexibility index (Phi) is 5.21.